The molecule has 128 valence electrons. The van der Waals surface area contributed by atoms with E-state index in [0.717, 1.165) is 63.5 Å². The average molecular weight is 322 g/mol. The lowest BCUT2D eigenvalue weighted by molar-refractivity contribution is -0.107. The van der Waals surface area contributed by atoms with E-state index in [0.29, 0.717) is 12.1 Å². The SMILES string of the molecule is COCCN1CCO[C@H]2CCN(Cc3cccc(F)c3C)C[C@@H]21. The lowest BCUT2D eigenvalue weighted by Gasteiger charge is -2.47. The van der Waals surface area contributed by atoms with Crippen molar-refractivity contribution < 1.29 is 13.9 Å². The Balaban J connectivity index is 1.65. The van der Waals surface area contributed by atoms with Crippen LogP contribution in [0.3, 0.4) is 0 Å². The molecule has 0 unspecified atom stereocenters. The second-order valence-corrected chi connectivity index (χ2v) is 6.55. The molecule has 2 aliphatic rings. The molecule has 23 heavy (non-hydrogen) atoms. The maximum Gasteiger partial charge on any atom is 0.126 e. The van der Waals surface area contributed by atoms with Crippen LogP contribution in [0.15, 0.2) is 18.2 Å². The quantitative estimate of drug-likeness (QED) is 0.828. The van der Waals surface area contributed by atoms with Crippen LogP contribution in [0.4, 0.5) is 4.39 Å². The predicted molar refractivity (Wildman–Crippen MR) is 88.0 cm³/mol. The van der Waals surface area contributed by atoms with Crippen molar-refractivity contribution in [2.45, 2.75) is 32.0 Å². The molecule has 2 aliphatic heterocycles. The second kappa shape index (κ2) is 7.71. The van der Waals surface area contributed by atoms with Crippen molar-refractivity contribution in [3.8, 4) is 0 Å². The number of ether oxygens (including phenoxy) is 2. The first-order valence-corrected chi connectivity index (χ1v) is 8.50. The molecule has 2 heterocycles. The van der Waals surface area contributed by atoms with Crippen molar-refractivity contribution in [1.82, 2.24) is 9.80 Å². The highest BCUT2D eigenvalue weighted by Crippen LogP contribution is 2.25. The Kier molecular flexibility index (Phi) is 5.64. The number of likely N-dealkylation sites (tertiary alicyclic amines) is 1. The zero-order chi connectivity index (χ0) is 16.2. The number of piperidine rings is 1. The van der Waals surface area contributed by atoms with Crippen molar-refractivity contribution in [3.05, 3.63) is 35.1 Å². The molecule has 0 bridgehead atoms. The Morgan fingerprint density at radius 2 is 2.22 bits per heavy atom. The third-order valence-electron chi connectivity index (χ3n) is 5.14. The molecule has 0 radical (unpaired) electrons. The summed E-state index contributed by atoms with van der Waals surface area (Å²) < 4.78 is 24.9. The van der Waals surface area contributed by atoms with Gasteiger partial charge in [0.15, 0.2) is 0 Å². The van der Waals surface area contributed by atoms with Crippen LogP contribution in [0.2, 0.25) is 0 Å². The number of hydrogen-bond acceptors (Lipinski definition) is 4. The molecule has 0 amide bonds. The van der Waals surface area contributed by atoms with E-state index in [1.54, 1.807) is 13.2 Å². The summed E-state index contributed by atoms with van der Waals surface area (Å²) in [6.07, 6.45) is 1.37. The van der Waals surface area contributed by atoms with E-state index in [1.165, 1.54) is 6.07 Å². The zero-order valence-corrected chi connectivity index (χ0v) is 14.1. The Morgan fingerprint density at radius 1 is 1.35 bits per heavy atom. The fourth-order valence-electron chi connectivity index (χ4n) is 3.70. The highest BCUT2D eigenvalue weighted by Gasteiger charge is 2.36. The lowest BCUT2D eigenvalue weighted by atomic mass is 9.97. The molecule has 0 spiro atoms. The molecule has 0 saturated carbocycles. The van der Waals surface area contributed by atoms with Gasteiger partial charge in [0.2, 0.25) is 0 Å². The van der Waals surface area contributed by atoms with Crippen LogP contribution in [-0.4, -0.2) is 68.4 Å². The molecule has 0 aromatic heterocycles. The molecule has 3 rings (SSSR count). The van der Waals surface area contributed by atoms with E-state index in [4.69, 9.17) is 9.47 Å². The Bertz CT molecular complexity index is 526. The minimum Gasteiger partial charge on any atom is -0.383 e. The van der Waals surface area contributed by atoms with Crippen molar-refractivity contribution in [1.29, 1.82) is 0 Å². The molecule has 2 saturated heterocycles. The van der Waals surface area contributed by atoms with E-state index in [-0.39, 0.29) is 5.82 Å². The van der Waals surface area contributed by atoms with Crippen LogP contribution in [0, 0.1) is 12.7 Å². The molecule has 1 aromatic rings. The van der Waals surface area contributed by atoms with Crippen molar-refractivity contribution >= 4 is 0 Å². The molecule has 5 heteroatoms. The number of morpholine rings is 1. The minimum absolute atomic E-state index is 0.111. The molecule has 1 aromatic carbocycles. The summed E-state index contributed by atoms with van der Waals surface area (Å²) in [6.45, 7) is 8.15. The van der Waals surface area contributed by atoms with Crippen molar-refractivity contribution in [2.75, 3.05) is 46.5 Å². The third-order valence-corrected chi connectivity index (χ3v) is 5.14. The standard InChI is InChI=1S/C18H27FN2O2/c1-14-15(4-3-5-16(14)19)12-20-7-6-18-17(13-20)21(8-10-22-2)9-11-23-18/h3-5,17-18H,6-13H2,1-2H3/t17-,18-/m0/s1. The average Bonchev–Trinajstić information content (AvgIpc) is 2.57. The number of rotatable bonds is 5. The summed E-state index contributed by atoms with van der Waals surface area (Å²) in [5.41, 5.74) is 1.86. The number of benzene rings is 1. The number of halogens is 1. The monoisotopic (exact) mass is 322 g/mol. The van der Waals surface area contributed by atoms with Gasteiger partial charge in [0, 0.05) is 45.9 Å². The van der Waals surface area contributed by atoms with Crippen molar-refractivity contribution in [3.63, 3.8) is 0 Å². The van der Waals surface area contributed by atoms with E-state index in [9.17, 15) is 4.39 Å². The van der Waals surface area contributed by atoms with Crippen LogP contribution in [0.5, 0.6) is 0 Å². The molecule has 4 nitrogen and oxygen atoms in total. The Morgan fingerprint density at radius 3 is 3.04 bits per heavy atom. The van der Waals surface area contributed by atoms with Gasteiger partial charge in [-0.05, 0) is 30.5 Å². The second-order valence-electron chi connectivity index (χ2n) is 6.55. The van der Waals surface area contributed by atoms with E-state index in [1.807, 2.05) is 13.0 Å². The molecular formula is C18H27FN2O2. The zero-order valence-electron chi connectivity index (χ0n) is 14.1. The molecule has 2 fully saturated rings. The van der Waals surface area contributed by atoms with Gasteiger partial charge in [-0.1, -0.05) is 12.1 Å². The van der Waals surface area contributed by atoms with E-state index in [2.05, 4.69) is 9.80 Å². The normalized spacial score (nSPS) is 26.2. The summed E-state index contributed by atoms with van der Waals surface area (Å²) in [4.78, 5) is 4.92. The van der Waals surface area contributed by atoms with Gasteiger partial charge in [-0.3, -0.25) is 9.80 Å². The first-order valence-electron chi connectivity index (χ1n) is 8.50. The van der Waals surface area contributed by atoms with Crippen LogP contribution in [0.1, 0.15) is 17.5 Å². The topological polar surface area (TPSA) is 24.9 Å². The molecule has 0 N–H and O–H groups in total. The Labute approximate surface area is 138 Å². The van der Waals surface area contributed by atoms with Gasteiger partial charge in [0.1, 0.15) is 5.82 Å². The molecular weight excluding hydrogens is 295 g/mol. The fraction of sp³-hybridized carbons (Fsp3) is 0.667. The van der Waals surface area contributed by atoms with E-state index >= 15 is 0 Å². The Hall–Kier alpha value is -1.01. The van der Waals surface area contributed by atoms with Gasteiger partial charge in [0.05, 0.1) is 19.3 Å². The number of hydrogen-bond donors (Lipinski definition) is 0. The fourth-order valence-corrected chi connectivity index (χ4v) is 3.70. The smallest absolute Gasteiger partial charge is 0.126 e. The van der Waals surface area contributed by atoms with Gasteiger partial charge >= 0.3 is 0 Å². The van der Waals surface area contributed by atoms with Gasteiger partial charge in [-0.2, -0.15) is 0 Å². The van der Waals surface area contributed by atoms with Crippen LogP contribution < -0.4 is 0 Å². The minimum atomic E-state index is -0.111. The molecule has 2 atom stereocenters. The third kappa shape index (κ3) is 3.91. The first kappa shape index (κ1) is 16.8. The summed E-state index contributed by atoms with van der Waals surface area (Å²) in [7, 11) is 1.75. The predicted octanol–water partition coefficient (Wildman–Crippen LogP) is 2.06. The van der Waals surface area contributed by atoms with Gasteiger partial charge in [-0.15, -0.1) is 0 Å². The number of nitrogens with zero attached hydrogens (tertiary/aromatic N) is 2. The number of fused-ring (bicyclic) bond motifs is 1. The summed E-state index contributed by atoms with van der Waals surface area (Å²) in [5.74, 6) is -0.111. The summed E-state index contributed by atoms with van der Waals surface area (Å²) >= 11 is 0. The molecule has 0 aliphatic carbocycles. The first-order chi connectivity index (χ1) is 11.2. The van der Waals surface area contributed by atoms with E-state index < -0.39 is 0 Å². The number of methoxy groups -OCH3 is 1. The van der Waals surface area contributed by atoms with Gasteiger partial charge < -0.3 is 9.47 Å². The lowest BCUT2D eigenvalue weighted by Crippen LogP contribution is -2.60. The largest absolute Gasteiger partial charge is 0.383 e. The highest BCUT2D eigenvalue weighted by atomic mass is 19.1. The van der Waals surface area contributed by atoms with Crippen LogP contribution in [0.25, 0.3) is 0 Å². The highest BCUT2D eigenvalue weighted by molar-refractivity contribution is 5.27. The maximum absolute atomic E-state index is 13.7. The van der Waals surface area contributed by atoms with Crippen molar-refractivity contribution in [2.24, 2.45) is 0 Å². The van der Waals surface area contributed by atoms with Gasteiger partial charge in [-0.25, -0.2) is 4.39 Å². The van der Waals surface area contributed by atoms with Crippen LogP contribution >= 0.6 is 0 Å². The summed E-state index contributed by atoms with van der Waals surface area (Å²) in [6, 6.07) is 5.79. The summed E-state index contributed by atoms with van der Waals surface area (Å²) in [5, 5.41) is 0. The van der Waals surface area contributed by atoms with Gasteiger partial charge in [0.25, 0.3) is 0 Å². The maximum atomic E-state index is 13.7. The van der Waals surface area contributed by atoms with Crippen LogP contribution in [-0.2, 0) is 16.0 Å².